The molecule has 0 saturated heterocycles. The van der Waals surface area contributed by atoms with Gasteiger partial charge in [0, 0.05) is 31.0 Å². The Bertz CT molecular complexity index is 901. The van der Waals surface area contributed by atoms with Crippen LogP contribution in [0.2, 0.25) is 0 Å². The minimum Gasteiger partial charge on any atom is -0.378 e. The number of benzene rings is 2. The molecule has 3 aromatic rings. The number of nitrogens with one attached hydrogen (secondary N) is 1. The van der Waals surface area contributed by atoms with Crippen molar-refractivity contribution in [2.24, 2.45) is 0 Å². The molecule has 0 aliphatic carbocycles. The Morgan fingerprint density at radius 1 is 0.917 bits per heavy atom. The van der Waals surface area contributed by atoms with Gasteiger partial charge in [0.05, 0.1) is 22.4 Å². The Hall–Kier alpha value is -2.95. The molecule has 2 aromatic carbocycles. The summed E-state index contributed by atoms with van der Waals surface area (Å²) in [6.45, 7) is 3.87. The van der Waals surface area contributed by atoms with E-state index in [1.54, 1.807) is 0 Å². The zero-order valence-electron chi connectivity index (χ0n) is 14.3. The Kier molecular flexibility index (Phi) is 4.16. The van der Waals surface area contributed by atoms with Crippen molar-refractivity contribution >= 4 is 28.3 Å². The second kappa shape index (κ2) is 6.28. The summed E-state index contributed by atoms with van der Waals surface area (Å²) in [5.74, 6) is -0.142. The van der Waals surface area contributed by atoms with Crippen LogP contribution in [-0.4, -0.2) is 30.0 Å². The van der Waals surface area contributed by atoms with Crippen LogP contribution in [0.15, 0.2) is 42.5 Å². The van der Waals surface area contributed by atoms with E-state index in [4.69, 9.17) is 0 Å². The molecule has 0 spiro atoms. The molecule has 5 heteroatoms. The molecule has 1 amide bonds. The maximum Gasteiger partial charge on any atom is 0.255 e. The van der Waals surface area contributed by atoms with Crippen LogP contribution in [0, 0.1) is 13.8 Å². The summed E-state index contributed by atoms with van der Waals surface area (Å²) in [6, 6.07) is 13.1. The number of hydrogen-bond acceptors (Lipinski definition) is 4. The highest BCUT2D eigenvalue weighted by atomic mass is 16.1. The summed E-state index contributed by atoms with van der Waals surface area (Å²) in [5, 5.41) is 2.91. The molecule has 0 aliphatic heterocycles. The van der Waals surface area contributed by atoms with Crippen molar-refractivity contribution in [2.45, 2.75) is 13.8 Å². The topological polar surface area (TPSA) is 58.1 Å². The lowest BCUT2D eigenvalue weighted by molar-refractivity contribution is 0.102. The first kappa shape index (κ1) is 15.9. The predicted octanol–water partition coefficient (Wildman–Crippen LogP) is 3.56. The van der Waals surface area contributed by atoms with E-state index in [0.29, 0.717) is 11.3 Å². The van der Waals surface area contributed by atoms with Crippen LogP contribution in [0.5, 0.6) is 0 Å². The van der Waals surface area contributed by atoms with Gasteiger partial charge in [-0.1, -0.05) is 0 Å². The summed E-state index contributed by atoms with van der Waals surface area (Å²) >= 11 is 0. The van der Waals surface area contributed by atoms with Crippen LogP contribution in [0.1, 0.15) is 21.7 Å². The van der Waals surface area contributed by atoms with Crippen molar-refractivity contribution < 1.29 is 4.79 Å². The van der Waals surface area contributed by atoms with E-state index < -0.39 is 0 Å². The van der Waals surface area contributed by atoms with Crippen molar-refractivity contribution in [1.29, 1.82) is 0 Å². The first-order chi connectivity index (χ1) is 11.4. The van der Waals surface area contributed by atoms with Crippen LogP contribution < -0.4 is 10.2 Å². The SMILES string of the molecule is Cc1nc2ccc(NC(=O)c3ccc(N(C)C)cc3)cc2nc1C. The molecule has 1 aromatic heterocycles. The highest BCUT2D eigenvalue weighted by Gasteiger charge is 2.08. The Labute approximate surface area is 141 Å². The molecule has 0 bridgehead atoms. The molecule has 3 rings (SSSR count). The fourth-order valence-electron chi connectivity index (χ4n) is 2.42. The number of fused-ring (bicyclic) bond motifs is 1. The fraction of sp³-hybridized carbons (Fsp3) is 0.211. The summed E-state index contributed by atoms with van der Waals surface area (Å²) in [7, 11) is 3.93. The van der Waals surface area contributed by atoms with Crippen molar-refractivity contribution in [3.05, 3.63) is 59.4 Å². The number of carbonyl (C=O) groups is 1. The summed E-state index contributed by atoms with van der Waals surface area (Å²) in [4.78, 5) is 23.4. The summed E-state index contributed by atoms with van der Waals surface area (Å²) in [6.07, 6.45) is 0. The number of hydrogen-bond donors (Lipinski definition) is 1. The Morgan fingerprint density at radius 3 is 2.17 bits per heavy atom. The van der Waals surface area contributed by atoms with E-state index >= 15 is 0 Å². The number of rotatable bonds is 3. The zero-order valence-corrected chi connectivity index (χ0v) is 14.3. The molecule has 1 N–H and O–H groups in total. The van der Waals surface area contributed by atoms with Crippen LogP contribution in [0.25, 0.3) is 11.0 Å². The van der Waals surface area contributed by atoms with Crippen LogP contribution in [-0.2, 0) is 0 Å². The standard InChI is InChI=1S/C19H20N4O/c1-12-13(2)21-18-11-15(7-10-17(18)20-12)22-19(24)14-5-8-16(9-6-14)23(3)4/h5-11H,1-4H3,(H,22,24). The van der Waals surface area contributed by atoms with E-state index in [1.165, 1.54) is 0 Å². The van der Waals surface area contributed by atoms with Crippen molar-refractivity contribution in [3.63, 3.8) is 0 Å². The normalized spacial score (nSPS) is 10.7. The number of amides is 1. The van der Waals surface area contributed by atoms with Gasteiger partial charge in [0.25, 0.3) is 5.91 Å². The third-order valence-electron chi connectivity index (χ3n) is 3.98. The van der Waals surface area contributed by atoms with E-state index in [0.717, 1.165) is 28.1 Å². The summed E-state index contributed by atoms with van der Waals surface area (Å²) < 4.78 is 0. The van der Waals surface area contributed by atoms with E-state index in [9.17, 15) is 4.79 Å². The molecule has 0 fully saturated rings. The molecule has 5 nitrogen and oxygen atoms in total. The molecule has 0 unspecified atom stereocenters. The van der Waals surface area contributed by atoms with Crippen molar-refractivity contribution in [1.82, 2.24) is 9.97 Å². The van der Waals surface area contributed by atoms with Gasteiger partial charge in [-0.05, 0) is 56.3 Å². The second-order valence-corrected chi connectivity index (χ2v) is 5.99. The first-order valence-electron chi connectivity index (χ1n) is 7.78. The van der Waals surface area contributed by atoms with Crippen molar-refractivity contribution in [2.75, 3.05) is 24.3 Å². The van der Waals surface area contributed by atoms with Gasteiger partial charge >= 0.3 is 0 Å². The predicted molar refractivity (Wildman–Crippen MR) is 97.7 cm³/mol. The van der Waals surface area contributed by atoms with Gasteiger partial charge in [-0.3, -0.25) is 4.79 Å². The van der Waals surface area contributed by atoms with Gasteiger partial charge in [-0.15, -0.1) is 0 Å². The average Bonchev–Trinajstić information content (AvgIpc) is 2.56. The molecule has 24 heavy (non-hydrogen) atoms. The average molecular weight is 320 g/mol. The molecule has 122 valence electrons. The third-order valence-corrected chi connectivity index (χ3v) is 3.98. The zero-order chi connectivity index (χ0) is 17.3. The van der Waals surface area contributed by atoms with E-state index in [2.05, 4.69) is 15.3 Å². The second-order valence-electron chi connectivity index (χ2n) is 5.99. The van der Waals surface area contributed by atoms with Gasteiger partial charge in [-0.25, -0.2) is 9.97 Å². The molecular formula is C19H20N4O. The van der Waals surface area contributed by atoms with Gasteiger partial charge in [-0.2, -0.15) is 0 Å². The quantitative estimate of drug-likeness (QED) is 0.801. The highest BCUT2D eigenvalue weighted by molar-refractivity contribution is 6.05. The van der Waals surface area contributed by atoms with Crippen molar-refractivity contribution in [3.8, 4) is 0 Å². The van der Waals surface area contributed by atoms with E-state index in [-0.39, 0.29) is 5.91 Å². The molecule has 0 radical (unpaired) electrons. The van der Waals surface area contributed by atoms with Gasteiger partial charge in [0.1, 0.15) is 0 Å². The van der Waals surface area contributed by atoms with Gasteiger partial charge < -0.3 is 10.2 Å². The number of aryl methyl sites for hydroxylation is 2. The van der Waals surface area contributed by atoms with Gasteiger partial charge in [0.2, 0.25) is 0 Å². The maximum absolute atomic E-state index is 12.4. The number of anilines is 2. The number of carbonyl (C=O) groups excluding carboxylic acids is 1. The minimum absolute atomic E-state index is 0.142. The Morgan fingerprint density at radius 2 is 1.54 bits per heavy atom. The van der Waals surface area contributed by atoms with Crippen LogP contribution >= 0.6 is 0 Å². The first-order valence-corrected chi connectivity index (χ1v) is 7.78. The molecule has 1 heterocycles. The third kappa shape index (κ3) is 3.20. The lowest BCUT2D eigenvalue weighted by atomic mass is 10.1. The smallest absolute Gasteiger partial charge is 0.255 e. The molecular weight excluding hydrogens is 300 g/mol. The molecule has 0 atom stereocenters. The monoisotopic (exact) mass is 320 g/mol. The maximum atomic E-state index is 12.4. The lowest BCUT2D eigenvalue weighted by Gasteiger charge is -2.12. The fourth-order valence-corrected chi connectivity index (χ4v) is 2.42. The lowest BCUT2D eigenvalue weighted by Crippen LogP contribution is -2.13. The van der Waals surface area contributed by atoms with Crippen LogP contribution in [0.4, 0.5) is 11.4 Å². The molecule has 0 saturated carbocycles. The number of aromatic nitrogens is 2. The molecule has 0 aliphatic rings. The minimum atomic E-state index is -0.142. The number of nitrogens with zero attached hydrogens (tertiary/aromatic N) is 3. The largest absolute Gasteiger partial charge is 0.378 e. The summed E-state index contributed by atoms with van der Waals surface area (Å²) in [5.41, 5.74) is 5.79. The van der Waals surface area contributed by atoms with E-state index in [1.807, 2.05) is 75.3 Å². The van der Waals surface area contributed by atoms with Crippen LogP contribution in [0.3, 0.4) is 0 Å². The Balaban J connectivity index is 1.83. The van der Waals surface area contributed by atoms with Gasteiger partial charge in [0.15, 0.2) is 0 Å². The highest BCUT2D eigenvalue weighted by Crippen LogP contribution is 2.19.